The first-order chi connectivity index (χ1) is 7.95. The van der Waals surface area contributed by atoms with E-state index in [0.29, 0.717) is 16.6 Å². The first-order valence-corrected chi connectivity index (χ1v) is 6.20. The van der Waals surface area contributed by atoms with Gasteiger partial charge in [0.2, 0.25) is 0 Å². The highest BCUT2D eigenvalue weighted by Crippen LogP contribution is 2.20. The lowest BCUT2D eigenvalue weighted by molar-refractivity contribution is 0.225. The molecule has 0 aliphatic rings. The second kappa shape index (κ2) is 6.03. The van der Waals surface area contributed by atoms with Crippen molar-refractivity contribution in [3.8, 4) is 0 Å². The van der Waals surface area contributed by atoms with Crippen LogP contribution < -0.4 is 5.73 Å². The van der Waals surface area contributed by atoms with Gasteiger partial charge in [0.25, 0.3) is 0 Å². The fraction of sp³-hybridized carbons (Fsp3) is 0.462. The van der Waals surface area contributed by atoms with E-state index in [-0.39, 0.29) is 5.84 Å². The third-order valence-corrected chi connectivity index (χ3v) is 3.23. The SMILES string of the molecule is CCN(Cc1ccc(C(=N)N)cc1Cl)C(C)C. The van der Waals surface area contributed by atoms with Crippen LogP contribution in [-0.2, 0) is 6.54 Å². The minimum Gasteiger partial charge on any atom is -0.384 e. The highest BCUT2D eigenvalue weighted by atomic mass is 35.5. The Balaban J connectivity index is 2.89. The molecule has 0 radical (unpaired) electrons. The molecule has 1 aromatic carbocycles. The van der Waals surface area contributed by atoms with E-state index in [1.54, 1.807) is 6.07 Å². The number of benzene rings is 1. The zero-order chi connectivity index (χ0) is 13.0. The van der Waals surface area contributed by atoms with E-state index >= 15 is 0 Å². The lowest BCUT2D eigenvalue weighted by atomic mass is 10.1. The maximum Gasteiger partial charge on any atom is 0.122 e. The fourth-order valence-electron chi connectivity index (χ4n) is 1.72. The number of nitrogens with one attached hydrogen (secondary N) is 1. The summed E-state index contributed by atoms with van der Waals surface area (Å²) in [6, 6.07) is 6.04. The zero-order valence-corrected chi connectivity index (χ0v) is 11.4. The summed E-state index contributed by atoms with van der Waals surface area (Å²) in [5, 5.41) is 8.03. The van der Waals surface area contributed by atoms with Crippen LogP contribution in [0.2, 0.25) is 5.02 Å². The number of hydrogen-bond donors (Lipinski definition) is 2. The standard InChI is InChI=1S/C13H20ClN3/c1-4-17(9(2)3)8-11-6-5-10(13(15)16)7-12(11)14/h5-7,9H,4,8H2,1-3H3,(H3,15,16). The van der Waals surface area contributed by atoms with Gasteiger partial charge in [0, 0.05) is 23.2 Å². The van der Waals surface area contributed by atoms with Crippen molar-refractivity contribution in [3.05, 3.63) is 34.3 Å². The van der Waals surface area contributed by atoms with Gasteiger partial charge in [-0.1, -0.05) is 30.7 Å². The molecule has 0 aliphatic heterocycles. The van der Waals surface area contributed by atoms with E-state index in [0.717, 1.165) is 18.7 Å². The molecular weight excluding hydrogens is 234 g/mol. The topological polar surface area (TPSA) is 53.1 Å². The number of nitrogens with zero attached hydrogens (tertiary/aromatic N) is 1. The maximum atomic E-state index is 7.36. The third-order valence-electron chi connectivity index (χ3n) is 2.87. The number of amidine groups is 1. The summed E-state index contributed by atoms with van der Waals surface area (Å²) in [6.45, 7) is 8.29. The predicted molar refractivity (Wildman–Crippen MR) is 73.7 cm³/mol. The average Bonchev–Trinajstić information content (AvgIpc) is 2.26. The molecule has 94 valence electrons. The molecule has 0 amide bonds. The lowest BCUT2D eigenvalue weighted by Crippen LogP contribution is -2.30. The van der Waals surface area contributed by atoms with Crippen molar-refractivity contribution in [2.24, 2.45) is 5.73 Å². The van der Waals surface area contributed by atoms with Crippen molar-refractivity contribution < 1.29 is 0 Å². The Labute approximate surface area is 108 Å². The van der Waals surface area contributed by atoms with Crippen molar-refractivity contribution in [2.45, 2.75) is 33.4 Å². The van der Waals surface area contributed by atoms with Crippen molar-refractivity contribution in [2.75, 3.05) is 6.54 Å². The molecule has 0 spiro atoms. The van der Waals surface area contributed by atoms with Gasteiger partial charge in [0.15, 0.2) is 0 Å². The first-order valence-electron chi connectivity index (χ1n) is 5.82. The Morgan fingerprint density at radius 1 is 1.47 bits per heavy atom. The maximum absolute atomic E-state index is 7.36. The number of nitrogen functional groups attached to an aromatic ring is 1. The van der Waals surface area contributed by atoms with Gasteiger partial charge in [-0.15, -0.1) is 0 Å². The normalized spacial score (nSPS) is 11.2. The summed E-state index contributed by atoms with van der Waals surface area (Å²) in [4.78, 5) is 2.33. The molecule has 0 saturated carbocycles. The van der Waals surface area contributed by atoms with E-state index in [4.69, 9.17) is 22.7 Å². The van der Waals surface area contributed by atoms with Gasteiger partial charge < -0.3 is 5.73 Å². The molecule has 0 bridgehead atoms. The summed E-state index contributed by atoms with van der Waals surface area (Å²) in [5.41, 5.74) is 7.17. The van der Waals surface area contributed by atoms with Crippen LogP contribution in [0.5, 0.6) is 0 Å². The van der Waals surface area contributed by atoms with Crippen LogP contribution in [0.25, 0.3) is 0 Å². The Kier molecular flexibility index (Phi) is 4.97. The van der Waals surface area contributed by atoms with Crippen LogP contribution in [0.4, 0.5) is 0 Å². The second-order valence-corrected chi connectivity index (χ2v) is 4.78. The molecule has 0 aromatic heterocycles. The van der Waals surface area contributed by atoms with Crippen molar-refractivity contribution in [1.82, 2.24) is 4.90 Å². The van der Waals surface area contributed by atoms with Gasteiger partial charge in [0.1, 0.15) is 5.84 Å². The molecule has 1 rings (SSSR count). The fourth-order valence-corrected chi connectivity index (χ4v) is 1.96. The van der Waals surface area contributed by atoms with Crippen molar-refractivity contribution >= 4 is 17.4 Å². The molecule has 0 atom stereocenters. The van der Waals surface area contributed by atoms with Crippen LogP contribution in [0.1, 0.15) is 31.9 Å². The highest BCUT2D eigenvalue weighted by Gasteiger charge is 2.10. The zero-order valence-electron chi connectivity index (χ0n) is 10.6. The molecule has 0 saturated heterocycles. The van der Waals surface area contributed by atoms with Gasteiger partial charge in [0.05, 0.1) is 0 Å². The molecule has 0 fully saturated rings. The lowest BCUT2D eigenvalue weighted by Gasteiger charge is -2.25. The van der Waals surface area contributed by atoms with Gasteiger partial charge in [-0.25, -0.2) is 0 Å². The highest BCUT2D eigenvalue weighted by molar-refractivity contribution is 6.31. The molecule has 1 aromatic rings. The molecule has 0 unspecified atom stereocenters. The van der Waals surface area contributed by atoms with E-state index in [1.165, 1.54) is 0 Å². The van der Waals surface area contributed by atoms with Gasteiger partial charge in [-0.3, -0.25) is 10.3 Å². The number of halogens is 1. The smallest absolute Gasteiger partial charge is 0.122 e. The Morgan fingerprint density at radius 2 is 2.12 bits per heavy atom. The van der Waals surface area contributed by atoms with Crippen LogP contribution in [0.15, 0.2) is 18.2 Å². The summed E-state index contributed by atoms with van der Waals surface area (Å²) < 4.78 is 0. The van der Waals surface area contributed by atoms with Crippen LogP contribution >= 0.6 is 11.6 Å². The van der Waals surface area contributed by atoms with Gasteiger partial charge in [-0.2, -0.15) is 0 Å². The third kappa shape index (κ3) is 3.72. The van der Waals surface area contributed by atoms with E-state index in [9.17, 15) is 0 Å². The largest absolute Gasteiger partial charge is 0.384 e. The Bertz CT molecular complexity index is 402. The molecular formula is C13H20ClN3. The number of nitrogens with two attached hydrogens (primary N) is 1. The molecule has 4 heteroatoms. The summed E-state index contributed by atoms with van der Waals surface area (Å²) in [7, 11) is 0. The molecule has 3 N–H and O–H groups in total. The van der Waals surface area contributed by atoms with E-state index in [2.05, 4.69) is 25.7 Å². The predicted octanol–water partition coefficient (Wildman–Crippen LogP) is 2.85. The second-order valence-electron chi connectivity index (χ2n) is 4.38. The first kappa shape index (κ1) is 14.0. The van der Waals surface area contributed by atoms with E-state index in [1.807, 2.05) is 12.1 Å². The van der Waals surface area contributed by atoms with E-state index < -0.39 is 0 Å². The quantitative estimate of drug-likeness (QED) is 0.626. The molecule has 0 aliphatic carbocycles. The van der Waals surface area contributed by atoms with Crippen LogP contribution in [-0.4, -0.2) is 23.3 Å². The minimum atomic E-state index is 0.0506. The monoisotopic (exact) mass is 253 g/mol. The Hall–Kier alpha value is -1.06. The van der Waals surface area contributed by atoms with Crippen LogP contribution in [0, 0.1) is 5.41 Å². The molecule has 3 nitrogen and oxygen atoms in total. The van der Waals surface area contributed by atoms with Crippen LogP contribution in [0.3, 0.4) is 0 Å². The number of rotatable bonds is 5. The summed E-state index contributed by atoms with van der Waals surface area (Å²) in [5.74, 6) is 0.0506. The summed E-state index contributed by atoms with van der Waals surface area (Å²) in [6.07, 6.45) is 0. The van der Waals surface area contributed by atoms with Crippen molar-refractivity contribution in [3.63, 3.8) is 0 Å². The average molecular weight is 254 g/mol. The Morgan fingerprint density at radius 3 is 2.53 bits per heavy atom. The van der Waals surface area contributed by atoms with Gasteiger partial charge >= 0.3 is 0 Å². The minimum absolute atomic E-state index is 0.0506. The summed E-state index contributed by atoms with van der Waals surface area (Å²) >= 11 is 6.20. The molecule has 0 heterocycles. The number of hydrogen-bond acceptors (Lipinski definition) is 2. The van der Waals surface area contributed by atoms with Gasteiger partial charge in [-0.05, 0) is 32.0 Å². The van der Waals surface area contributed by atoms with Crippen molar-refractivity contribution in [1.29, 1.82) is 5.41 Å². The molecule has 17 heavy (non-hydrogen) atoms.